The van der Waals surface area contributed by atoms with Gasteiger partial charge in [0, 0.05) is 16.6 Å². The average molecular weight is 250 g/mol. The van der Waals surface area contributed by atoms with Crippen molar-refractivity contribution in [2.75, 3.05) is 5.32 Å². The van der Waals surface area contributed by atoms with Crippen LogP contribution in [-0.4, -0.2) is 5.91 Å². The summed E-state index contributed by atoms with van der Waals surface area (Å²) in [6, 6.07) is 7.32. The van der Waals surface area contributed by atoms with Crippen molar-refractivity contribution < 1.29 is 4.79 Å². The maximum absolute atomic E-state index is 12.1. The van der Waals surface area contributed by atoms with Gasteiger partial charge in [-0.3, -0.25) is 4.79 Å². The summed E-state index contributed by atoms with van der Waals surface area (Å²) in [7, 11) is 0. The lowest BCUT2D eigenvalue weighted by Gasteiger charge is -2.20. The molecule has 0 unspecified atom stereocenters. The molecule has 1 N–H and O–H groups in total. The molecular weight excluding hydrogens is 234 g/mol. The normalized spacial score (nSPS) is 30.5. The van der Waals surface area contributed by atoms with Gasteiger partial charge in [0.15, 0.2) is 0 Å². The van der Waals surface area contributed by atoms with E-state index in [9.17, 15) is 4.79 Å². The van der Waals surface area contributed by atoms with Crippen molar-refractivity contribution in [3.05, 3.63) is 29.3 Å². The van der Waals surface area contributed by atoms with Crippen LogP contribution in [0.25, 0.3) is 0 Å². The second-order valence-corrected chi connectivity index (χ2v) is 5.71. The van der Waals surface area contributed by atoms with Crippen LogP contribution in [0.2, 0.25) is 5.02 Å². The number of benzene rings is 1. The maximum atomic E-state index is 12.1. The fourth-order valence-electron chi connectivity index (χ4n) is 3.33. The van der Waals surface area contributed by atoms with Crippen LogP contribution in [-0.2, 0) is 4.79 Å². The molecule has 3 atom stereocenters. The zero-order valence-corrected chi connectivity index (χ0v) is 10.4. The van der Waals surface area contributed by atoms with Crippen molar-refractivity contribution in [3.8, 4) is 0 Å². The number of carbonyl (C=O) groups is 1. The fraction of sp³-hybridized carbons (Fsp3) is 0.500. The predicted molar refractivity (Wildman–Crippen MR) is 69.0 cm³/mol. The van der Waals surface area contributed by atoms with Crippen LogP contribution in [0.15, 0.2) is 24.3 Å². The minimum absolute atomic E-state index is 0.194. The first-order valence-corrected chi connectivity index (χ1v) is 6.66. The van der Waals surface area contributed by atoms with Crippen LogP contribution in [0, 0.1) is 17.8 Å². The summed E-state index contributed by atoms with van der Waals surface area (Å²) in [4.78, 5) is 12.1. The first kappa shape index (κ1) is 11.1. The molecular formula is C14H16ClNO. The van der Waals surface area contributed by atoms with Gasteiger partial charge >= 0.3 is 0 Å². The second kappa shape index (κ2) is 4.34. The lowest BCUT2D eigenvalue weighted by Crippen LogP contribution is -2.27. The van der Waals surface area contributed by atoms with Crippen LogP contribution < -0.4 is 5.32 Å². The molecule has 2 bridgehead atoms. The van der Waals surface area contributed by atoms with Crippen LogP contribution in [0.3, 0.4) is 0 Å². The van der Waals surface area contributed by atoms with Crippen molar-refractivity contribution in [1.82, 2.24) is 0 Å². The fourth-order valence-corrected chi connectivity index (χ4v) is 3.46. The van der Waals surface area contributed by atoms with Gasteiger partial charge in [0.1, 0.15) is 0 Å². The van der Waals surface area contributed by atoms with Crippen LogP contribution >= 0.6 is 11.6 Å². The lowest BCUT2D eigenvalue weighted by atomic mass is 9.88. The van der Waals surface area contributed by atoms with Crippen molar-refractivity contribution in [3.63, 3.8) is 0 Å². The summed E-state index contributed by atoms with van der Waals surface area (Å²) in [6.07, 6.45) is 4.92. The van der Waals surface area contributed by atoms with E-state index in [0.717, 1.165) is 18.0 Å². The van der Waals surface area contributed by atoms with E-state index in [1.54, 1.807) is 12.1 Å². The molecule has 0 heterocycles. The molecule has 3 heteroatoms. The summed E-state index contributed by atoms with van der Waals surface area (Å²) < 4.78 is 0. The van der Waals surface area contributed by atoms with Gasteiger partial charge in [0.25, 0.3) is 0 Å². The molecule has 0 radical (unpaired) electrons. The number of anilines is 1. The van der Waals surface area contributed by atoms with Crippen LogP contribution in [0.1, 0.15) is 25.7 Å². The molecule has 0 aromatic heterocycles. The Morgan fingerprint density at radius 3 is 2.53 bits per heavy atom. The average Bonchev–Trinajstić information content (AvgIpc) is 2.94. The highest BCUT2D eigenvalue weighted by Gasteiger charge is 2.42. The topological polar surface area (TPSA) is 29.1 Å². The second-order valence-electron chi connectivity index (χ2n) is 5.28. The Bertz CT molecular complexity index is 428. The van der Waals surface area contributed by atoms with Gasteiger partial charge < -0.3 is 5.32 Å². The van der Waals surface area contributed by atoms with Gasteiger partial charge in [-0.1, -0.05) is 18.0 Å². The monoisotopic (exact) mass is 249 g/mol. The molecule has 90 valence electrons. The maximum Gasteiger partial charge on any atom is 0.227 e. The third-order valence-electron chi connectivity index (χ3n) is 4.19. The summed E-state index contributed by atoms with van der Waals surface area (Å²) in [6.45, 7) is 0. The smallest absolute Gasteiger partial charge is 0.227 e. The van der Waals surface area contributed by atoms with Crippen molar-refractivity contribution in [2.24, 2.45) is 17.8 Å². The Hall–Kier alpha value is -1.02. The molecule has 2 fully saturated rings. The molecule has 1 aromatic rings. The highest BCUT2D eigenvalue weighted by Crippen LogP contribution is 2.48. The van der Waals surface area contributed by atoms with Crippen molar-refractivity contribution >= 4 is 23.2 Å². The van der Waals surface area contributed by atoms with E-state index in [-0.39, 0.29) is 11.8 Å². The third-order valence-corrected chi connectivity index (χ3v) is 4.44. The van der Waals surface area contributed by atoms with E-state index >= 15 is 0 Å². The molecule has 2 aliphatic rings. The summed E-state index contributed by atoms with van der Waals surface area (Å²) >= 11 is 5.81. The molecule has 17 heavy (non-hydrogen) atoms. The molecule has 0 aliphatic heterocycles. The van der Waals surface area contributed by atoms with E-state index in [1.165, 1.54) is 19.3 Å². The third kappa shape index (κ3) is 2.19. The van der Waals surface area contributed by atoms with Gasteiger partial charge in [0.05, 0.1) is 0 Å². The molecule has 1 aromatic carbocycles. The quantitative estimate of drug-likeness (QED) is 0.851. The number of rotatable bonds is 2. The Morgan fingerprint density at radius 2 is 1.94 bits per heavy atom. The minimum atomic E-state index is 0.194. The van der Waals surface area contributed by atoms with E-state index in [1.807, 2.05) is 12.1 Å². The van der Waals surface area contributed by atoms with Crippen LogP contribution in [0.5, 0.6) is 0 Å². The molecule has 0 spiro atoms. The minimum Gasteiger partial charge on any atom is -0.326 e. The van der Waals surface area contributed by atoms with Gasteiger partial charge in [-0.05, 0) is 55.4 Å². The highest BCUT2D eigenvalue weighted by molar-refractivity contribution is 6.30. The molecule has 2 aliphatic carbocycles. The number of hydrogen-bond donors (Lipinski definition) is 1. The van der Waals surface area contributed by atoms with Gasteiger partial charge in [-0.2, -0.15) is 0 Å². The first-order chi connectivity index (χ1) is 8.22. The number of amides is 1. The largest absolute Gasteiger partial charge is 0.326 e. The summed E-state index contributed by atoms with van der Waals surface area (Å²) in [5, 5.41) is 3.70. The van der Waals surface area contributed by atoms with E-state index in [0.29, 0.717) is 10.9 Å². The van der Waals surface area contributed by atoms with E-state index < -0.39 is 0 Å². The van der Waals surface area contributed by atoms with Gasteiger partial charge in [0.2, 0.25) is 5.91 Å². The lowest BCUT2D eigenvalue weighted by molar-refractivity contribution is -0.121. The number of hydrogen-bond acceptors (Lipinski definition) is 1. The zero-order valence-electron chi connectivity index (χ0n) is 9.66. The predicted octanol–water partition coefficient (Wildman–Crippen LogP) is 3.71. The summed E-state index contributed by atoms with van der Waals surface area (Å²) in [5.74, 6) is 1.87. The van der Waals surface area contributed by atoms with E-state index in [2.05, 4.69) is 5.32 Å². The zero-order chi connectivity index (χ0) is 11.8. The standard InChI is InChI=1S/C14H16ClNO/c15-11-3-5-12(6-4-11)16-14(17)13-8-9-1-2-10(13)7-9/h3-6,9-10,13H,1-2,7-8H2,(H,16,17)/t9-,10+,13+/m0/s1. The van der Waals surface area contributed by atoms with Gasteiger partial charge in [-0.25, -0.2) is 0 Å². The number of carbonyl (C=O) groups excluding carboxylic acids is 1. The number of halogens is 1. The Labute approximate surface area is 106 Å². The Morgan fingerprint density at radius 1 is 1.18 bits per heavy atom. The van der Waals surface area contributed by atoms with Crippen molar-refractivity contribution in [2.45, 2.75) is 25.7 Å². The number of nitrogens with one attached hydrogen (secondary N) is 1. The van der Waals surface area contributed by atoms with E-state index in [4.69, 9.17) is 11.6 Å². The van der Waals surface area contributed by atoms with Crippen molar-refractivity contribution in [1.29, 1.82) is 0 Å². The molecule has 2 saturated carbocycles. The number of fused-ring (bicyclic) bond motifs is 2. The molecule has 0 saturated heterocycles. The molecule has 3 rings (SSSR count). The Kier molecular flexibility index (Phi) is 2.83. The SMILES string of the molecule is O=C(Nc1ccc(Cl)cc1)[C@@H]1C[C@H]2CC[C@@H]1C2. The molecule has 2 nitrogen and oxygen atoms in total. The first-order valence-electron chi connectivity index (χ1n) is 6.29. The molecule has 1 amide bonds. The highest BCUT2D eigenvalue weighted by atomic mass is 35.5. The van der Waals surface area contributed by atoms with Crippen LogP contribution in [0.4, 0.5) is 5.69 Å². The Balaban J connectivity index is 1.65. The van der Waals surface area contributed by atoms with Gasteiger partial charge in [-0.15, -0.1) is 0 Å². The summed E-state index contributed by atoms with van der Waals surface area (Å²) in [5.41, 5.74) is 0.849.